The smallest absolute Gasteiger partial charge is 0.227 e. The van der Waals surface area contributed by atoms with Gasteiger partial charge in [-0.05, 0) is 6.07 Å². The fourth-order valence-electron chi connectivity index (χ4n) is 1.43. The maximum atomic E-state index is 13.2. The zero-order valence-electron chi connectivity index (χ0n) is 10.4. The molecular formula is C12H17FN2O3. The lowest BCUT2D eigenvalue weighted by Gasteiger charge is -2.13. The predicted octanol–water partition coefficient (Wildman–Crippen LogP) is 1.14. The molecular weight excluding hydrogens is 239 g/mol. The van der Waals surface area contributed by atoms with Crippen LogP contribution < -0.4 is 15.8 Å². The number of anilines is 1. The first kappa shape index (κ1) is 14.4. The summed E-state index contributed by atoms with van der Waals surface area (Å²) in [5.74, 6) is -0.431. The van der Waals surface area contributed by atoms with Gasteiger partial charge in [-0.3, -0.25) is 4.79 Å². The first-order chi connectivity index (χ1) is 8.58. The number of carbonyl (C=O) groups excluding carboxylic acids is 1. The molecule has 0 aliphatic carbocycles. The van der Waals surface area contributed by atoms with Gasteiger partial charge in [-0.15, -0.1) is 0 Å². The molecule has 1 amide bonds. The van der Waals surface area contributed by atoms with Gasteiger partial charge < -0.3 is 20.5 Å². The third-order valence-electron chi connectivity index (χ3n) is 2.40. The van der Waals surface area contributed by atoms with Crippen LogP contribution in [0, 0.1) is 5.82 Å². The van der Waals surface area contributed by atoms with Crippen LogP contribution in [0.2, 0.25) is 0 Å². The van der Waals surface area contributed by atoms with E-state index >= 15 is 0 Å². The molecule has 1 aromatic carbocycles. The Kier molecular flexibility index (Phi) is 5.54. The Morgan fingerprint density at radius 2 is 2.17 bits per heavy atom. The second-order valence-corrected chi connectivity index (χ2v) is 3.73. The van der Waals surface area contributed by atoms with Crippen molar-refractivity contribution < 1.29 is 18.7 Å². The van der Waals surface area contributed by atoms with Crippen molar-refractivity contribution in [1.29, 1.82) is 0 Å². The van der Waals surface area contributed by atoms with Gasteiger partial charge >= 0.3 is 0 Å². The number of amides is 1. The van der Waals surface area contributed by atoms with Gasteiger partial charge in [0.2, 0.25) is 5.91 Å². The summed E-state index contributed by atoms with van der Waals surface area (Å²) in [6, 6.07) is 3.98. The first-order valence-electron chi connectivity index (χ1n) is 5.46. The average molecular weight is 256 g/mol. The van der Waals surface area contributed by atoms with Gasteiger partial charge in [-0.1, -0.05) is 0 Å². The van der Waals surface area contributed by atoms with Gasteiger partial charge in [-0.2, -0.15) is 0 Å². The van der Waals surface area contributed by atoms with E-state index in [0.717, 1.165) is 0 Å². The monoisotopic (exact) mass is 256 g/mol. The van der Waals surface area contributed by atoms with Crippen molar-refractivity contribution in [3.05, 3.63) is 24.0 Å². The molecule has 1 rings (SSSR count). The molecule has 0 fully saturated rings. The summed E-state index contributed by atoms with van der Waals surface area (Å²) in [4.78, 5) is 11.6. The molecule has 0 saturated heterocycles. The molecule has 5 nitrogen and oxygen atoms in total. The number of methoxy groups -OCH3 is 2. The van der Waals surface area contributed by atoms with E-state index in [0.29, 0.717) is 11.4 Å². The minimum absolute atomic E-state index is 0.117. The highest BCUT2D eigenvalue weighted by Crippen LogP contribution is 2.20. The molecule has 0 heterocycles. The van der Waals surface area contributed by atoms with Gasteiger partial charge in [0, 0.05) is 31.5 Å². The minimum atomic E-state index is -0.480. The summed E-state index contributed by atoms with van der Waals surface area (Å²) in [7, 11) is 2.91. The van der Waals surface area contributed by atoms with Crippen LogP contribution in [0.1, 0.15) is 6.42 Å². The van der Waals surface area contributed by atoms with E-state index in [1.165, 1.54) is 32.4 Å². The van der Waals surface area contributed by atoms with Crippen molar-refractivity contribution >= 4 is 11.6 Å². The number of halogens is 1. The Hall–Kier alpha value is -1.66. The van der Waals surface area contributed by atoms with Crippen LogP contribution in [0.4, 0.5) is 10.1 Å². The number of hydrogen-bond donors (Lipinski definition) is 2. The maximum absolute atomic E-state index is 13.2. The Balaban J connectivity index is 2.66. The summed E-state index contributed by atoms with van der Waals surface area (Å²) in [6.45, 7) is 0.246. The molecule has 0 spiro atoms. The molecule has 1 atom stereocenters. The van der Waals surface area contributed by atoms with E-state index in [4.69, 9.17) is 15.2 Å². The number of nitrogens with one attached hydrogen (secondary N) is 1. The summed E-state index contributed by atoms with van der Waals surface area (Å²) in [6.07, 6.45) is -0.230. The Morgan fingerprint density at radius 3 is 2.72 bits per heavy atom. The highest BCUT2D eigenvalue weighted by Gasteiger charge is 2.12. The number of rotatable bonds is 6. The van der Waals surface area contributed by atoms with Crippen molar-refractivity contribution in [2.75, 3.05) is 26.1 Å². The average Bonchev–Trinajstić information content (AvgIpc) is 2.35. The zero-order chi connectivity index (χ0) is 13.5. The normalized spacial score (nSPS) is 12.0. The third-order valence-corrected chi connectivity index (χ3v) is 2.40. The van der Waals surface area contributed by atoms with Crippen molar-refractivity contribution in [2.45, 2.75) is 12.5 Å². The molecule has 6 heteroatoms. The van der Waals surface area contributed by atoms with Crippen LogP contribution in [-0.4, -0.2) is 32.8 Å². The highest BCUT2D eigenvalue weighted by atomic mass is 19.1. The lowest BCUT2D eigenvalue weighted by Crippen LogP contribution is -2.28. The van der Waals surface area contributed by atoms with E-state index in [1.54, 1.807) is 0 Å². The lowest BCUT2D eigenvalue weighted by molar-refractivity contribution is -0.118. The number of nitrogens with two attached hydrogens (primary N) is 1. The van der Waals surface area contributed by atoms with Crippen LogP contribution in [0.5, 0.6) is 5.75 Å². The molecule has 0 aliphatic heterocycles. The highest BCUT2D eigenvalue weighted by molar-refractivity contribution is 5.91. The number of ether oxygens (including phenoxy) is 2. The van der Waals surface area contributed by atoms with E-state index in [-0.39, 0.29) is 25.0 Å². The van der Waals surface area contributed by atoms with Crippen molar-refractivity contribution in [2.24, 2.45) is 5.73 Å². The molecule has 0 aromatic heterocycles. The van der Waals surface area contributed by atoms with Crippen LogP contribution >= 0.6 is 0 Å². The number of carbonyl (C=O) groups is 1. The van der Waals surface area contributed by atoms with Crippen LogP contribution in [0.3, 0.4) is 0 Å². The van der Waals surface area contributed by atoms with Crippen LogP contribution in [-0.2, 0) is 9.53 Å². The fourth-order valence-corrected chi connectivity index (χ4v) is 1.43. The van der Waals surface area contributed by atoms with Gasteiger partial charge in [0.05, 0.1) is 19.6 Å². The molecule has 18 heavy (non-hydrogen) atoms. The van der Waals surface area contributed by atoms with Crippen LogP contribution in [0.25, 0.3) is 0 Å². The second-order valence-electron chi connectivity index (χ2n) is 3.73. The summed E-state index contributed by atoms with van der Waals surface area (Å²) in [5, 5.41) is 2.56. The summed E-state index contributed by atoms with van der Waals surface area (Å²) >= 11 is 0. The SMILES string of the molecule is COc1cc(F)cc(NC(=O)CC(CN)OC)c1. The molecule has 3 N–H and O–H groups in total. The van der Waals surface area contributed by atoms with Gasteiger partial charge in [0.15, 0.2) is 0 Å². The lowest BCUT2D eigenvalue weighted by atomic mass is 10.2. The number of benzene rings is 1. The van der Waals surface area contributed by atoms with Gasteiger partial charge in [0.1, 0.15) is 11.6 Å². The molecule has 0 radical (unpaired) electrons. The second kappa shape index (κ2) is 6.93. The maximum Gasteiger partial charge on any atom is 0.227 e. The minimum Gasteiger partial charge on any atom is -0.497 e. The molecule has 1 aromatic rings. The largest absolute Gasteiger partial charge is 0.497 e. The van der Waals surface area contributed by atoms with Crippen LogP contribution in [0.15, 0.2) is 18.2 Å². The van der Waals surface area contributed by atoms with Crippen molar-refractivity contribution in [3.63, 3.8) is 0 Å². The van der Waals surface area contributed by atoms with Gasteiger partial charge in [-0.25, -0.2) is 4.39 Å². The molecule has 0 saturated carbocycles. The van der Waals surface area contributed by atoms with Crippen molar-refractivity contribution in [3.8, 4) is 5.75 Å². The molecule has 1 unspecified atom stereocenters. The van der Waals surface area contributed by atoms with E-state index in [9.17, 15) is 9.18 Å². The Morgan fingerprint density at radius 1 is 1.44 bits per heavy atom. The van der Waals surface area contributed by atoms with E-state index in [2.05, 4.69) is 5.32 Å². The quantitative estimate of drug-likeness (QED) is 0.800. The first-order valence-corrected chi connectivity index (χ1v) is 5.46. The summed E-state index contributed by atoms with van der Waals surface area (Å²) in [5.41, 5.74) is 5.75. The molecule has 0 aliphatic rings. The zero-order valence-corrected chi connectivity index (χ0v) is 10.4. The Labute approximate surface area is 105 Å². The van der Waals surface area contributed by atoms with E-state index in [1.807, 2.05) is 0 Å². The van der Waals surface area contributed by atoms with E-state index < -0.39 is 5.82 Å². The fraction of sp³-hybridized carbons (Fsp3) is 0.417. The standard InChI is InChI=1S/C12H17FN2O3/c1-17-10-4-8(13)3-9(5-10)15-12(16)6-11(7-14)18-2/h3-5,11H,6-7,14H2,1-2H3,(H,15,16). The topological polar surface area (TPSA) is 73.6 Å². The van der Waals surface area contributed by atoms with Gasteiger partial charge in [0.25, 0.3) is 0 Å². The number of hydrogen-bond acceptors (Lipinski definition) is 4. The van der Waals surface area contributed by atoms with Crippen molar-refractivity contribution in [1.82, 2.24) is 0 Å². The molecule has 100 valence electrons. The third kappa shape index (κ3) is 4.31. The Bertz CT molecular complexity index is 408. The summed E-state index contributed by atoms with van der Waals surface area (Å²) < 4.78 is 23.1. The molecule has 0 bridgehead atoms. The predicted molar refractivity (Wildman–Crippen MR) is 66.1 cm³/mol.